The average molecular weight is 348 g/mol. The highest BCUT2D eigenvalue weighted by Crippen LogP contribution is 2.37. The van der Waals surface area contributed by atoms with Crippen LogP contribution in [0.4, 0.5) is 0 Å². The van der Waals surface area contributed by atoms with Crippen LogP contribution in [0.2, 0.25) is 0 Å². The molecule has 2 aromatic carbocycles. The Kier molecular flexibility index (Phi) is 8.47. The van der Waals surface area contributed by atoms with Crippen LogP contribution in [0, 0.1) is 0 Å². The third-order valence-electron chi connectivity index (χ3n) is 3.91. The minimum absolute atomic E-state index is 0.131. The van der Waals surface area contributed by atoms with Gasteiger partial charge in [-0.15, -0.1) is 0 Å². The van der Waals surface area contributed by atoms with Gasteiger partial charge < -0.3 is 25.5 Å². The maximum absolute atomic E-state index is 9.69. The Morgan fingerprint density at radius 2 is 1.24 bits per heavy atom. The predicted molar refractivity (Wildman–Crippen MR) is 98.4 cm³/mol. The standard InChI is InChI=1S/C16H18O5.C4H10/c17-12-7-5-10(9-14(12)19)3-1-2-4-11-6-8-13(18)16(21)15(11)20;1-3-4-2/h5-9,17-21H,1-4H2;3-4H2,1-2H3. The average Bonchev–Trinajstić information content (AvgIpc) is 2.61. The lowest BCUT2D eigenvalue weighted by Gasteiger charge is -2.08. The van der Waals surface area contributed by atoms with Crippen LogP contribution in [0.1, 0.15) is 50.7 Å². The van der Waals surface area contributed by atoms with Crippen molar-refractivity contribution in [2.45, 2.75) is 52.4 Å². The van der Waals surface area contributed by atoms with Crippen molar-refractivity contribution in [2.24, 2.45) is 0 Å². The molecule has 5 N–H and O–H groups in total. The highest BCUT2D eigenvalue weighted by atomic mass is 16.3. The second kappa shape index (κ2) is 10.3. The van der Waals surface area contributed by atoms with Crippen LogP contribution in [0.5, 0.6) is 28.7 Å². The van der Waals surface area contributed by atoms with Crippen LogP contribution in [0.15, 0.2) is 30.3 Å². The maximum atomic E-state index is 9.69. The molecular formula is C20H28O5. The van der Waals surface area contributed by atoms with E-state index in [1.54, 1.807) is 12.1 Å². The van der Waals surface area contributed by atoms with E-state index in [0.29, 0.717) is 12.0 Å². The smallest absolute Gasteiger partial charge is 0.200 e. The number of aromatic hydroxyl groups is 5. The monoisotopic (exact) mass is 348 g/mol. The van der Waals surface area contributed by atoms with Crippen molar-refractivity contribution in [2.75, 3.05) is 0 Å². The van der Waals surface area contributed by atoms with Gasteiger partial charge in [-0.25, -0.2) is 0 Å². The summed E-state index contributed by atoms with van der Waals surface area (Å²) in [5.74, 6) is -1.37. The molecule has 0 radical (unpaired) electrons. The van der Waals surface area contributed by atoms with E-state index in [0.717, 1.165) is 24.8 Å². The summed E-state index contributed by atoms with van der Waals surface area (Å²) >= 11 is 0. The van der Waals surface area contributed by atoms with E-state index >= 15 is 0 Å². The number of phenolic OH excluding ortho intramolecular Hbond substituents is 5. The van der Waals surface area contributed by atoms with E-state index in [1.165, 1.54) is 31.0 Å². The highest BCUT2D eigenvalue weighted by molar-refractivity contribution is 5.53. The van der Waals surface area contributed by atoms with Gasteiger partial charge in [0.25, 0.3) is 0 Å². The highest BCUT2D eigenvalue weighted by Gasteiger charge is 2.10. The van der Waals surface area contributed by atoms with E-state index in [2.05, 4.69) is 13.8 Å². The molecule has 0 spiro atoms. The number of aryl methyl sites for hydroxylation is 2. The second-order valence-electron chi connectivity index (χ2n) is 5.97. The molecule has 0 heterocycles. The van der Waals surface area contributed by atoms with E-state index in [4.69, 9.17) is 0 Å². The summed E-state index contributed by atoms with van der Waals surface area (Å²) in [5, 5.41) is 47.0. The largest absolute Gasteiger partial charge is 0.504 e. The number of unbranched alkanes of at least 4 members (excludes halogenated alkanes) is 2. The molecule has 0 atom stereocenters. The molecule has 0 saturated carbocycles. The summed E-state index contributed by atoms with van der Waals surface area (Å²) in [6.07, 6.45) is 5.55. The Morgan fingerprint density at radius 1 is 0.640 bits per heavy atom. The molecule has 0 aliphatic carbocycles. The third kappa shape index (κ3) is 6.45. The zero-order valence-electron chi connectivity index (χ0n) is 14.9. The van der Waals surface area contributed by atoms with Gasteiger partial charge in [0.05, 0.1) is 0 Å². The summed E-state index contributed by atoms with van der Waals surface area (Å²) in [7, 11) is 0. The molecule has 0 aliphatic heterocycles. The van der Waals surface area contributed by atoms with Gasteiger partial charge >= 0.3 is 0 Å². The van der Waals surface area contributed by atoms with Gasteiger partial charge in [0.2, 0.25) is 5.75 Å². The summed E-state index contributed by atoms with van der Waals surface area (Å²) in [6, 6.07) is 7.66. The van der Waals surface area contributed by atoms with Crippen molar-refractivity contribution in [3.63, 3.8) is 0 Å². The van der Waals surface area contributed by atoms with Gasteiger partial charge in [0.1, 0.15) is 0 Å². The van der Waals surface area contributed by atoms with Crippen LogP contribution >= 0.6 is 0 Å². The van der Waals surface area contributed by atoms with Gasteiger partial charge in [-0.2, -0.15) is 0 Å². The fourth-order valence-corrected chi connectivity index (χ4v) is 2.18. The Balaban J connectivity index is 0.000000705. The molecule has 2 rings (SSSR count). The van der Waals surface area contributed by atoms with Crippen molar-refractivity contribution < 1.29 is 25.5 Å². The molecule has 25 heavy (non-hydrogen) atoms. The van der Waals surface area contributed by atoms with Crippen molar-refractivity contribution >= 4 is 0 Å². The van der Waals surface area contributed by atoms with Crippen molar-refractivity contribution in [3.05, 3.63) is 41.5 Å². The van der Waals surface area contributed by atoms with Gasteiger partial charge in [-0.3, -0.25) is 0 Å². The normalized spacial score (nSPS) is 10.2. The first-order valence-corrected chi connectivity index (χ1v) is 8.64. The van der Waals surface area contributed by atoms with Crippen molar-refractivity contribution in [1.82, 2.24) is 0 Å². The number of phenols is 5. The molecule has 0 aliphatic rings. The number of hydrogen-bond acceptors (Lipinski definition) is 5. The first kappa shape index (κ1) is 20.5. The summed E-state index contributed by atoms with van der Waals surface area (Å²) < 4.78 is 0. The SMILES string of the molecule is CCCC.Oc1ccc(CCCCc2ccc(O)c(O)c2O)cc1O. The molecule has 0 fully saturated rings. The number of hydrogen-bond donors (Lipinski definition) is 5. The number of rotatable bonds is 6. The maximum Gasteiger partial charge on any atom is 0.200 e. The number of benzene rings is 2. The molecule has 0 unspecified atom stereocenters. The Labute approximate surface area is 148 Å². The molecule has 0 amide bonds. The zero-order chi connectivity index (χ0) is 18.8. The van der Waals surface area contributed by atoms with E-state index in [9.17, 15) is 25.5 Å². The first-order valence-electron chi connectivity index (χ1n) is 8.64. The lowest BCUT2D eigenvalue weighted by atomic mass is 10.0. The van der Waals surface area contributed by atoms with Crippen LogP contribution in [-0.2, 0) is 12.8 Å². The first-order chi connectivity index (χ1) is 11.9. The van der Waals surface area contributed by atoms with E-state index in [1.807, 2.05) is 0 Å². The van der Waals surface area contributed by atoms with Crippen LogP contribution in [0.25, 0.3) is 0 Å². The molecular weight excluding hydrogens is 320 g/mol. The Hall–Kier alpha value is -2.56. The van der Waals surface area contributed by atoms with Gasteiger partial charge in [0.15, 0.2) is 23.0 Å². The lowest BCUT2D eigenvalue weighted by Crippen LogP contribution is -1.90. The molecule has 2 aromatic rings. The predicted octanol–water partition coefficient (Wildman–Crippen LogP) is 4.59. The van der Waals surface area contributed by atoms with Crippen molar-refractivity contribution in [3.8, 4) is 28.7 Å². The van der Waals surface area contributed by atoms with Gasteiger partial charge in [-0.05, 0) is 55.0 Å². The van der Waals surface area contributed by atoms with E-state index in [-0.39, 0.29) is 23.0 Å². The quantitative estimate of drug-likeness (QED) is 0.388. The van der Waals surface area contributed by atoms with Crippen molar-refractivity contribution in [1.29, 1.82) is 0 Å². The minimum Gasteiger partial charge on any atom is -0.504 e. The molecule has 0 saturated heterocycles. The van der Waals surface area contributed by atoms with Crippen LogP contribution in [0.3, 0.4) is 0 Å². The van der Waals surface area contributed by atoms with Crippen LogP contribution < -0.4 is 0 Å². The third-order valence-corrected chi connectivity index (χ3v) is 3.91. The second-order valence-corrected chi connectivity index (χ2v) is 5.97. The van der Waals surface area contributed by atoms with E-state index < -0.39 is 5.75 Å². The Morgan fingerprint density at radius 3 is 1.84 bits per heavy atom. The Bertz CT molecular complexity index is 665. The summed E-state index contributed by atoms with van der Waals surface area (Å²) in [6.45, 7) is 4.36. The van der Waals surface area contributed by atoms with Gasteiger partial charge in [-0.1, -0.05) is 38.8 Å². The minimum atomic E-state index is -0.490. The zero-order valence-corrected chi connectivity index (χ0v) is 14.9. The summed E-state index contributed by atoms with van der Waals surface area (Å²) in [5.41, 5.74) is 1.50. The fourth-order valence-electron chi connectivity index (χ4n) is 2.18. The molecule has 0 aromatic heterocycles. The lowest BCUT2D eigenvalue weighted by molar-refractivity contribution is 0.364. The summed E-state index contributed by atoms with van der Waals surface area (Å²) in [4.78, 5) is 0. The topological polar surface area (TPSA) is 101 Å². The molecule has 0 bridgehead atoms. The van der Waals surface area contributed by atoms with Crippen LogP contribution in [-0.4, -0.2) is 25.5 Å². The van der Waals surface area contributed by atoms with Gasteiger partial charge in [0, 0.05) is 0 Å². The molecule has 5 nitrogen and oxygen atoms in total. The molecule has 5 heteroatoms. The fraction of sp³-hybridized carbons (Fsp3) is 0.400. The molecule has 138 valence electrons.